The highest BCUT2D eigenvalue weighted by atomic mass is 19.1. The Balaban J connectivity index is 3.61. The van der Waals surface area contributed by atoms with E-state index in [9.17, 15) is 19.3 Å². The van der Waals surface area contributed by atoms with Gasteiger partial charge in [0.25, 0.3) is 0 Å². The van der Waals surface area contributed by atoms with Crippen LogP contribution in [0.2, 0.25) is 0 Å². The molecule has 6 heteroatoms. The van der Waals surface area contributed by atoms with Crippen LogP contribution in [0.25, 0.3) is 0 Å². The summed E-state index contributed by atoms with van der Waals surface area (Å²) in [5.41, 5.74) is -2.13. The van der Waals surface area contributed by atoms with E-state index in [0.717, 1.165) is 6.07 Å². The van der Waals surface area contributed by atoms with Crippen LogP contribution in [0.3, 0.4) is 0 Å². The number of nitro groups is 1. The van der Waals surface area contributed by atoms with Gasteiger partial charge in [-0.15, -0.1) is 0 Å². The highest BCUT2D eigenvalue weighted by molar-refractivity contribution is 5.92. The summed E-state index contributed by atoms with van der Waals surface area (Å²) in [6.07, 6.45) is 0. The van der Waals surface area contributed by atoms with Crippen LogP contribution in [-0.2, 0) is 5.41 Å². The first-order valence-corrected chi connectivity index (χ1v) is 4.87. The van der Waals surface area contributed by atoms with E-state index >= 15 is 0 Å². The third-order valence-electron chi connectivity index (χ3n) is 2.34. The van der Waals surface area contributed by atoms with Gasteiger partial charge in [-0.2, -0.15) is 4.39 Å². The van der Waals surface area contributed by atoms with E-state index in [4.69, 9.17) is 5.11 Å². The Morgan fingerprint density at radius 1 is 1.41 bits per heavy atom. The van der Waals surface area contributed by atoms with Gasteiger partial charge >= 0.3 is 11.7 Å². The fraction of sp³-hybridized carbons (Fsp3) is 0.364. The number of carboxylic acid groups (broad SMARTS) is 1. The third kappa shape index (κ3) is 2.41. The number of rotatable bonds is 2. The third-order valence-corrected chi connectivity index (χ3v) is 2.34. The quantitative estimate of drug-likeness (QED) is 0.637. The van der Waals surface area contributed by atoms with Crippen molar-refractivity contribution < 1.29 is 19.2 Å². The summed E-state index contributed by atoms with van der Waals surface area (Å²) in [7, 11) is 0. The second kappa shape index (κ2) is 4.12. The number of hydrogen-bond donors (Lipinski definition) is 1. The molecule has 0 aliphatic rings. The second-order valence-electron chi connectivity index (χ2n) is 4.64. The number of benzene rings is 1. The molecule has 92 valence electrons. The lowest BCUT2D eigenvalue weighted by Gasteiger charge is -2.19. The number of nitro benzene ring substituents is 1. The number of carboxylic acids is 1. The van der Waals surface area contributed by atoms with Gasteiger partial charge < -0.3 is 5.11 Å². The smallest absolute Gasteiger partial charge is 0.342 e. The first-order valence-electron chi connectivity index (χ1n) is 4.87. The molecule has 17 heavy (non-hydrogen) atoms. The average molecular weight is 241 g/mol. The second-order valence-corrected chi connectivity index (χ2v) is 4.64. The molecule has 1 rings (SSSR count). The molecular formula is C11H12FNO4. The SMILES string of the molecule is CC(C)(C)c1ccc(C(=O)O)c([N+](=O)[O-])c1F. The van der Waals surface area contributed by atoms with Gasteiger partial charge in [-0.25, -0.2) is 4.79 Å². The van der Waals surface area contributed by atoms with Gasteiger partial charge in [0.05, 0.1) is 4.92 Å². The topological polar surface area (TPSA) is 80.4 Å². The molecule has 0 amide bonds. The van der Waals surface area contributed by atoms with E-state index in [-0.39, 0.29) is 5.56 Å². The van der Waals surface area contributed by atoms with Crippen molar-refractivity contribution in [2.45, 2.75) is 26.2 Å². The lowest BCUT2D eigenvalue weighted by molar-refractivity contribution is -0.388. The molecule has 0 radical (unpaired) electrons. The van der Waals surface area contributed by atoms with Gasteiger partial charge in [-0.1, -0.05) is 26.8 Å². The number of aromatic carboxylic acids is 1. The Hall–Kier alpha value is -1.98. The van der Waals surface area contributed by atoms with Crippen LogP contribution in [0, 0.1) is 15.9 Å². The molecule has 0 heterocycles. The summed E-state index contributed by atoms with van der Waals surface area (Å²) in [4.78, 5) is 20.5. The normalized spacial score (nSPS) is 11.3. The minimum atomic E-state index is -1.52. The Bertz CT molecular complexity index is 491. The molecule has 0 spiro atoms. The standard InChI is InChI=1S/C11H12FNO4/c1-11(2,3)7-5-4-6(10(14)15)9(8(7)12)13(16)17/h4-5H,1-3H3,(H,14,15). The van der Waals surface area contributed by atoms with E-state index in [1.807, 2.05) is 0 Å². The maximum Gasteiger partial charge on any atom is 0.342 e. The van der Waals surface area contributed by atoms with Crippen molar-refractivity contribution in [1.82, 2.24) is 0 Å². The molecule has 0 aliphatic heterocycles. The van der Waals surface area contributed by atoms with Crippen molar-refractivity contribution in [1.29, 1.82) is 0 Å². The zero-order valence-corrected chi connectivity index (χ0v) is 9.65. The highest BCUT2D eigenvalue weighted by Crippen LogP contribution is 2.32. The zero-order valence-electron chi connectivity index (χ0n) is 9.65. The molecule has 1 aromatic rings. The monoisotopic (exact) mass is 241 g/mol. The van der Waals surface area contributed by atoms with Gasteiger partial charge in [0.2, 0.25) is 5.82 Å². The van der Waals surface area contributed by atoms with Gasteiger partial charge in [-0.3, -0.25) is 10.1 Å². The Labute approximate surface area is 97.0 Å². The minimum Gasteiger partial charge on any atom is -0.477 e. The van der Waals surface area contributed by atoms with Crippen molar-refractivity contribution in [3.63, 3.8) is 0 Å². The molecule has 0 saturated carbocycles. The number of hydrogen-bond acceptors (Lipinski definition) is 3. The fourth-order valence-corrected chi connectivity index (χ4v) is 1.49. The van der Waals surface area contributed by atoms with Gasteiger partial charge in [0, 0.05) is 5.56 Å². The van der Waals surface area contributed by atoms with Crippen molar-refractivity contribution in [3.8, 4) is 0 Å². The number of carbonyl (C=O) groups is 1. The fourth-order valence-electron chi connectivity index (χ4n) is 1.49. The largest absolute Gasteiger partial charge is 0.477 e. The van der Waals surface area contributed by atoms with E-state index in [1.54, 1.807) is 20.8 Å². The van der Waals surface area contributed by atoms with Crippen molar-refractivity contribution in [3.05, 3.63) is 39.2 Å². The molecule has 0 atom stereocenters. The number of nitrogens with zero attached hydrogens (tertiary/aromatic N) is 1. The molecule has 0 aromatic heterocycles. The molecule has 0 aliphatic carbocycles. The van der Waals surface area contributed by atoms with Gasteiger partial charge in [0.15, 0.2) is 0 Å². The predicted molar refractivity (Wildman–Crippen MR) is 58.7 cm³/mol. The summed E-state index contributed by atoms with van der Waals surface area (Å²) in [5, 5.41) is 19.5. The molecule has 0 saturated heterocycles. The van der Waals surface area contributed by atoms with Crippen molar-refractivity contribution >= 4 is 11.7 Å². The van der Waals surface area contributed by atoms with Crippen LogP contribution in [0.1, 0.15) is 36.7 Å². The van der Waals surface area contributed by atoms with Crippen molar-refractivity contribution in [2.75, 3.05) is 0 Å². The molecule has 1 N–H and O–H groups in total. The zero-order chi connectivity index (χ0) is 13.4. The maximum absolute atomic E-state index is 13.9. The molecule has 1 aromatic carbocycles. The summed E-state index contributed by atoms with van der Waals surface area (Å²) in [6.45, 7) is 5.07. The lowest BCUT2D eigenvalue weighted by Crippen LogP contribution is -2.16. The average Bonchev–Trinajstić information content (AvgIpc) is 2.13. The summed E-state index contributed by atoms with van der Waals surface area (Å²) >= 11 is 0. The lowest BCUT2D eigenvalue weighted by atomic mass is 9.85. The van der Waals surface area contributed by atoms with Crippen LogP contribution in [0.4, 0.5) is 10.1 Å². The summed E-state index contributed by atoms with van der Waals surface area (Å²) < 4.78 is 13.9. The maximum atomic E-state index is 13.9. The van der Waals surface area contributed by atoms with E-state index < -0.39 is 33.4 Å². The summed E-state index contributed by atoms with van der Waals surface area (Å²) in [5.74, 6) is -2.60. The van der Waals surface area contributed by atoms with Gasteiger partial charge in [-0.05, 0) is 11.5 Å². The Kier molecular flexibility index (Phi) is 3.17. The molecule has 5 nitrogen and oxygen atoms in total. The molecular weight excluding hydrogens is 229 g/mol. The highest BCUT2D eigenvalue weighted by Gasteiger charge is 2.31. The molecule has 0 bridgehead atoms. The van der Waals surface area contributed by atoms with E-state index in [0.29, 0.717) is 0 Å². The Morgan fingerprint density at radius 3 is 2.29 bits per heavy atom. The van der Waals surface area contributed by atoms with Crippen LogP contribution in [0.15, 0.2) is 12.1 Å². The molecule has 0 fully saturated rings. The predicted octanol–water partition coefficient (Wildman–Crippen LogP) is 2.73. The van der Waals surface area contributed by atoms with E-state index in [2.05, 4.69) is 0 Å². The van der Waals surface area contributed by atoms with Crippen LogP contribution >= 0.6 is 0 Å². The van der Waals surface area contributed by atoms with Crippen LogP contribution < -0.4 is 0 Å². The van der Waals surface area contributed by atoms with Crippen LogP contribution in [-0.4, -0.2) is 16.0 Å². The number of halogens is 1. The van der Waals surface area contributed by atoms with Crippen LogP contribution in [0.5, 0.6) is 0 Å². The minimum absolute atomic E-state index is 0.120. The van der Waals surface area contributed by atoms with Crippen molar-refractivity contribution in [2.24, 2.45) is 0 Å². The first kappa shape index (κ1) is 13.1. The van der Waals surface area contributed by atoms with Gasteiger partial charge in [0.1, 0.15) is 5.56 Å². The molecule has 0 unspecified atom stereocenters. The summed E-state index contributed by atoms with van der Waals surface area (Å²) in [6, 6.07) is 2.33. The van der Waals surface area contributed by atoms with E-state index in [1.165, 1.54) is 6.07 Å². The Morgan fingerprint density at radius 2 is 1.94 bits per heavy atom. The first-order chi connectivity index (χ1) is 7.66.